The lowest BCUT2D eigenvalue weighted by Gasteiger charge is -2.24. The summed E-state index contributed by atoms with van der Waals surface area (Å²) in [6.07, 6.45) is -4.86. The first-order valence-corrected chi connectivity index (χ1v) is 20.6. The minimum atomic E-state index is -4.86. The summed E-state index contributed by atoms with van der Waals surface area (Å²) in [6, 6.07) is 30.5. The molecule has 6 aromatic carbocycles. The molecule has 0 saturated heterocycles. The molecule has 0 aliphatic rings. The fourth-order valence-electron chi connectivity index (χ4n) is 8.53. The number of hydrogen-bond acceptors (Lipinski definition) is 0. The van der Waals surface area contributed by atoms with Crippen molar-refractivity contribution in [1.82, 2.24) is 9.13 Å². The molecular formula is C53H53F5N2. The number of aromatic nitrogens is 2. The van der Waals surface area contributed by atoms with E-state index in [0.29, 0.717) is 27.6 Å². The van der Waals surface area contributed by atoms with Crippen molar-refractivity contribution >= 4 is 43.6 Å². The maximum Gasteiger partial charge on any atom is 0.420 e. The number of halogens is 5. The van der Waals surface area contributed by atoms with Gasteiger partial charge in [0.05, 0.1) is 33.4 Å². The van der Waals surface area contributed by atoms with Crippen molar-refractivity contribution in [2.45, 2.75) is 111 Å². The Morgan fingerprint density at radius 2 is 0.667 bits per heavy atom. The van der Waals surface area contributed by atoms with Gasteiger partial charge in [0.1, 0.15) is 5.56 Å². The summed E-state index contributed by atoms with van der Waals surface area (Å²) in [6.45, 7) is 25.4. The van der Waals surface area contributed by atoms with Crippen LogP contribution in [0.1, 0.15) is 111 Å². The molecule has 0 fully saturated rings. The van der Waals surface area contributed by atoms with Gasteiger partial charge in [-0.3, -0.25) is 0 Å². The second kappa shape index (κ2) is 13.5. The normalized spacial score (nSPS) is 13.4. The van der Waals surface area contributed by atoms with Crippen LogP contribution >= 0.6 is 0 Å². The number of fused-ring (bicyclic) bond motifs is 6. The third kappa shape index (κ3) is 6.98. The number of alkyl halides is 3. The third-order valence-electron chi connectivity index (χ3n) is 12.1. The maximum absolute atomic E-state index is 16.5. The maximum atomic E-state index is 16.5. The molecule has 2 nitrogen and oxygen atoms in total. The molecule has 7 heteroatoms. The SMILES string of the molecule is CC(C)(C)c1ccc2c(c1)c1cc(C(C)(C)C)ccc1n2-c1cc(-c2ccc(F)c(F)c2)cc(-n2c3ccc(C(C)(C)C)cc3c3cc(C(C)(C)C)ccc32)c1C(F)(F)F. The highest BCUT2D eigenvalue weighted by Gasteiger charge is 2.40. The number of hydrogen-bond donors (Lipinski definition) is 0. The van der Waals surface area contributed by atoms with Gasteiger partial charge in [0.25, 0.3) is 0 Å². The van der Waals surface area contributed by atoms with Crippen molar-refractivity contribution in [3.63, 3.8) is 0 Å². The molecule has 0 bridgehead atoms. The van der Waals surface area contributed by atoms with Crippen LogP contribution in [0.2, 0.25) is 0 Å². The highest BCUT2D eigenvalue weighted by molar-refractivity contribution is 6.12. The van der Waals surface area contributed by atoms with E-state index in [4.69, 9.17) is 0 Å². The molecule has 0 N–H and O–H groups in total. The molecule has 8 rings (SSSR count). The van der Waals surface area contributed by atoms with Gasteiger partial charge in [0.2, 0.25) is 0 Å². The quantitative estimate of drug-likeness (QED) is 0.157. The van der Waals surface area contributed by atoms with E-state index in [1.54, 1.807) is 9.13 Å². The highest BCUT2D eigenvalue weighted by atomic mass is 19.4. The lowest BCUT2D eigenvalue weighted by molar-refractivity contribution is -0.137. The van der Waals surface area contributed by atoms with E-state index < -0.39 is 23.4 Å². The molecule has 0 amide bonds. The summed E-state index contributed by atoms with van der Waals surface area (Å²) >= 11 is 0. The third-order valence-corrected chi connectivity index (χ3v) is 12.1. The zero-order valence-electron chi connectivity index (χ0n) is 36.6. The van der Waals surface area contributed by atoms with Gasteiger partial charge in [-0.15, -0.1) is 0 Å². The Balaban J connectivity index is 1.59. The van der Waals surface area contributed by atoms with Crippen molar-refractivity contribution < 1.29 is 22.0 Å². The predicted molar refractivity (Wildman–Crippen MR) is 240 cm³/mol. The van der Waals surface area contributed by atoms with Crippen LogP contribution in [0.25, 0.3) is 66.1 Å². The van der Waals surface area contributed by atoms with Crippen molar-refractivity contribution in [1.29, 1.82) is 0 Å². The van der Waals surface area contributed by atoms with Gasteiger partial charge in [0.15, 0.2) is 11.6 Å². The first kappa shape index (κ1) is 41.3. The zero-order chi connectivity index (χ0) is 43.6. The molecule has 8 aromatic rings. The van der Waals surface area contributed by atoms with E-state index in [1.165, 1.54) is 18.2 Å². The Bertz CT molecular complexity index is 2700. The summed E-state index contributed by atoms with van der Waals surface area (Å²) in [4.78, 5) is 0. The summed E-state index contributed by atoms with van der Waals surface area (Å²) in [5.41, 5.74) is 5.24. The van der Waals surface area contributed by atoms with Gasteiger partial charge in [-0.25, -0.2) is 8.78 Å². The van der Waals surface area contributed by atoms with Crippen LogP contribution in [0.15, 0.2) is 103 Å². The molecule has 0 radical (unpaired) electrons. The Hall–Kier alpha value is -5.43. The Labute approximate surface area is 349 Å². The highest BCUT2D eigenvalue weighted by Crippen LogP contribution is 2.48. The van der Waals surface area contributed by atoms with E-state index in [9.17, 15) is 4.39 Å². The molecule has 0 atom stereocenters. The van der Waals surface area contributed by atoms with Gasteiger partial charge in [-0.05, 0) is 128 Å². The molecular weight excluding hydrogens is 760 g/mol. The summed E-state index contributed by atoms with van der Waals surface area (Å²) in [5.74, 6) is -2.12. The van der Waals surface area contributed by atoms with Gasteiger partial charge in [0, 0.05) is 21.5 Å². The van der Waals surface area contributed by atoms with Crippen LogP contribution in [-0.4, -0.2) is 9.13 Å². The van der Waals surface area contributed by atoms with E-state index in [0.717, 1.165) is 55.9 Å². The van der Waals surface area contributed by atoms with E-state index in [-0.39, 0.29) is 38.6 Å². The molecule has 0 aliphatic carbocycles. The second-order valence-corrected chi connectivity index (χ2v) is 20.6. The first-order chi connectivity index (χ1) is 27.7. The topological polar surface area (TPSA) is 9.86 Å². The molecule has 2 aromatic heterocycles. The fraction of sp³-hybridized carbons (Fsp3) is 0.321. The Morgan fingerprint density at radius 1 is 0.350 bits per heavy atom. The minimum absolute atomic E-state index is 0.112. The average Bonchev–Trinajstić information content (AvgIpc) is 3.65. The molecule has 0 spiro atoms. The van der Waals surface area contributed by atoms with Crippen molar-refractivity contribution in [2.24, 2.45) is 0 Å². The van der Waals surface area contributed by atoms with Gasteiger partial charge < -0.3 is 9.13 Å². The molecule has 2 heterocycles. The standard InChI is InChI=1S/C53H53F5N2/c1-49(2,3)32-14-19-42-36(26-32)37-27-33(50(4,5)6)15-20-43(37)59(42)46-24-31(30-13-18-40(54)41(55)23-30)25-47(48(46)53(56,57)58)60-44-21-16-34(51(7,8)9)28-38(44)39-29-35(52(10,11)12)17-22-45(39)60/h13-29H,1-12H3. The summed E-state index contributed by atoms with van der Waals surface area (Å²) < 4.78 is 82.4. The molecule has 310 valence electrons. The Morgan fingerprint density at radius 3 is 0.933 bits per heavy atom. The van der Waals surface area contributed by atoms with Crippen LogP contribution in [0.5, 0.6) is 0 Å². The molecule has 60 heavy (non-hydrogen) atoms. The summed E-state index contributed by atoms with van der Waals surface area (Å²) in [5, 5.41) is 3.32. The largest absolute Gasteiger partial charge is 0.420 e. The van der Waals surface area contributed by atoms with Crippen molar-refractivity contribution in [2.75, 3.05) is 0 Å². The van der Waals surface area contributed by atoms with Crippen LogP contribution in [-0.2, 0) is 27.8 Å². The Kier molecular flexibility index (Phi) is 9.32. The van der Waals surface area contributed by atoms with Gasteiger partial charge in [-0.1, -0.05) is 113 Å². The smallest absolute Gasteiger partial charge is 0.309 e. The minimum Gasteiger partial charge on any atom is -0.309 e. The molecule has 0 saturated carbocycles. The van der Waals surface area contributed by atoms with Crippen LogP contribution in [0.4, 0.5) is 22.0 Å². The average molecular weight is 813 g/mol. The fourth-order valence-corrected chi connectivity index (χ4v) is 8.53. The lowest BCUT2D eigenvalue weighted by Crippen LogP contribution is -2.16. The second-order valence-electron chi connectivity index (χ2n) is 20.6. The monoisotopic (exact) mass is 812 g/mol. The number of rotatable bonds is 3. The summed E-state index contributed by atoms with van der Waals surface area (Å²) in [7, 11) is 0. The van der Waals surface area contributed by atoms with E-state index in [2.05, 4.69) is 107 Å². The lowest BCUT2D eigenvalue weighted by atomic mass is 9.85. The van der Waals surface area contributed by atoms with Crippen molar-refractivity contribution in [3.05, 3.63) is 143 Å². The van der Waals surface area contributed by atoms with Crippen LogP contribution in [0, 0.1) is 11.6 Å². The number of benzene rings is 6. The van der Waals surface area contributed by atoms with Crippen LogP contribution < -0.4 is 0 Å². The van der Waals surface area contributed by atoms with E-state index >= 15 is 17.6 Å². The van der Waals surface area contributed by atoms with Gasteiger partial charge >= 0.3 is 6.18 Å². The number of nitrogens with zero attached hydrogens (tertiary/aromatic N) is 2. The van der Waals surface area contributed by atoms with Crippen LogP contribution in [0.3, 0.4) is 0 Å². The zero-order valence-corrected chi connectivity index (χ0v) is 36.6. The van der Waals surface area contributed by atoms with Crippen molar-refractivity contribution in [3.8, 4) is 22.5 Å². The van der Waals surface area contributed by atoms with Gasteiger partial charge in [-0.2, -0.15) is 13.2 Å². The first-order valence-electron chi connectivity index (χ1n) is 20.6. The van der Waals surface area contributed by atoms with E-state index in [1.807, 2.05) is 48.5 Å². The predicted octanol–water partition coefficient (Wildman–Crippen LogP) is 16.0. The molecule has 0 unspecified atom stereocenters. The molecule has 0 aliphatic heterocycles.